The fourth-order valence-electron chi connectivity index (χ4n) is 2.99. The molecule has 8 nitrogen and oxygen atoms in total. The molecule has 1 N–H and O–H groups in total. The summed E-state index contributed by atoms with van der Waals surface area (Å²) in [6.45, 7) is 2.94. The molecule has 0 aliphatic carbocycles. The van der Waals surface area contributed by atoms with E-state index in [1.54, 1.807) is 21.6 Å². The number of carbonyl (C=O) groups is 1. The zero-order valence-corrected chi connectivity index (χ0v) is 14.9. The lowest BCUT2D eigenvalue weighted by molar-refractivity contribution is 0.112. The predicted octanol–water partition coefficient (Wildman–Crippen LogP) is 1.45. The van der Waals surface area contributed by atoms with E-state index in [-0.39, 0.29) is 17.6 Å². The first kappa shape index (κ1) is 18.3. The molecule has 1 aliphatic rings. The van der Waals surface area contributed by atoms with E-state index >= 15 is 0 Å². The Morgan fingerprint density at radius 2 is 2.15 bits per heavy atom. The summed E-state index contributed by atoms with van der Waals surface area (Å²) in [7, 11) is 3.97. The summed E-state index contributed by atoms with van der Waals surface area (Å²) < 4.78 is 21.4. The van der Waals surface area contributed by atoms with Gasteiger partial charge in [0.15, 0.2) is 0 Å². The van der Waals surface area contributed by atoms with Crippen molar-refractivity contribution < 1.29 is 13.9 Å². The van der Waals surface area contributed by atoms with Gasteiger partial charge < -0.3 is 19.9 Å². The summed E-state index contributed by atoms with van der Waals surface area (Å²) in [4.78, 5) is 16.4. The smallest absolute Gasteiger partial charge is 0.322 e. The molecular weight excluding hydrogens is 339 g/mol. The molecule has 1 aromatic carbocycles. The maximum Gasteiger partial charge on any atom is 0.322 e. The number of carbonyl (C=O) groups excluding carboxylic acids is 1. The van der Waals surface area contributed by atoms with Crippen molar-refractivity contribution in [3.63, 3.8) is 0 Å². The number of ether oxygens (including phenoxy) is 1. The Balaban J connectivity index is 1.71. The van der Waals surface area contributed by atoms with Crippen LogP contribution in [0.5, 0.6) is 0 Å². The van der Waals surface area contributed by atoms with Crippen LogP contribution in [0.3, 0.4) is 0 Å². The second-order valence-corrected chi connectivity index (χ2v) is 6.61. The Labute approximate surface area is 151 Å². The number of halogens is 1. The van der Waals surface area contributed by atoms with Gasteiger partial charge in [-0.25, -0.2) is 9.18 Å². The Morgan fingerprint density at radius 1 is 1.38 bits per heavy atom. The fraction of sp³-hybridized carbons (Fsp3) is 0.471. The zero-order valence-electron chi connectivity index (χ0n) is 14.9. The molecule has 1 atom stereocenters. The lowest BCUT2D eigenvalue weighted by Gasteiger charge is -2.25. The Kier molecular flexibility index (Phi) is 5.79. The maximum atomic E-state index is 14.2. The number of hydrogen-bond donors (Lipinski definition) is 1. The van der Waals surface area contributed by atoms with Gasteiger partial charge in [-0.1, -0.05) is 0 Å². The van der Waals surface area contributed by atoms with Crippen molar-refractivity contribution in [1.29, 1.82) is 0 Å². The number of hydrogen-bond acceptors (Lipinski definition) is 5. The molecule has 0 spiro atoms. The summed E-state index contributed by atoms with van der Waals surface area (Å²) in [5.74, 6) is -0.280. The highest BCUT2D eigenvalue weighted by Crippen LogP contribution is 2.20. The molecule has 1 aliphatic heterocycles. The van der Waals surface area contributed by atoms with Gasteiger partial charge in [-0.3, -0.25) is 4.57 Å². The van der Waals surface area contributed by atoms with E-state index in [0.29, 0.717) is 32.0 Å². The molecule has 0 unspecified atom stereocenters. The Hall–Kier alpha value is -2.52. The van der Waals surface area contributed by atoms with Crippen molar-refractivity contribution >= 4 is 11.7 Å². The van der Waals surface area contributed by atoms with Gasteiger partial charge in [0.05, 0.1) is 24.6 Å². The normalized spacial score (nSPS) is 18.0. The van der Waals surface area contributed by atoms with Crippen molar-refractivity contribution in [3.05, 3.63) is 36.7 Å². The highest BCUT2D eigenvalue weighted by Gasteiger charge is 2.23. The highest BCUT2D eigenvalue weighted by molar-refractivity contribution is 5.89. The minimum atomic E-state index is -0.494. The van der Waals surface area contributed by atoms with Crippen LogP contribution in [0.4, 0.5) is 14.9 Å². The second kappa shape index (κ2) is 8.24. The number of amides is 2. The summed E-state index contributed by atoms with van der Waals surface area (Å²) in [6.07, 6.45) is 3.02. The van der Waals surface area contributed by atoms with Crippen molar-refractivity contribution in [2.45, 2.75) is 0 Å². The number of aromatic nitrogens is 3. The lowest BCUT2D eigenvalue weighted by atomic mass is 10.1. The average molecular weight is 362 g/mol. The van der Waals surface area contributed by atoms with Crippen LogP contribution < -0.4 is 5.32 Å². The summed E-state index contributed by atoms with van der Waals surface area (Å²) in [5, 5.41) is 10.1. The third-order valence-electron chi connectivity index (χ3n) is 4.16. The second-order valence-electron chi connectivity index (χ2n) is 6.61. The van der Waals surface area contributed by atoms with E-state index in [9.17, 15) is 9.18 Å². The van der Waals surface area contributed by atoms with Gasteiger partial charge in [-0.2, -0.15) is 0 Å². The fourth-order valence-corrected chi connectivity index (χ4v) is 2.99. The molecule has 2 aromatic rings. The topological polar surface area (TPSA) is 75.5 Å². The van der Waals surface area contributed by atoms with Gasteiger partial charge >= 0.3 is 6.03 Å². The van der Waals surface area contributed by atoms with E-state index in [2.05, 4.69) is 20.4 Å². The zero-order chi connectivity index (χ0) is 18.5. The van der Waals surface area contributed by atoms with E-state index < -0.39 is 5.82 Å². The first-order chi connectivity index (χ1) is 12.5. The molecule has 2 heterocycles. The molecule has 3 rings (SSSR count). The lowest BCUT2D eigenvalue weighted by Crippen LogP contribution is -2.41. The molecule has 0 radical (unpaired) electrons. The van der Waals surface area contributed by atoms with Gasteiger partial charge in [0.2, 0.25) is 0 Å². The molecule has 1 saturated heterocycles. The minimum Gasteiger partial charge on any atom is -0.379 e. The molecule has 2 amide bonds. The molecule has 0 bridgehead atoms. The molecule has 140 valence electrons. The SMILES string of the molecule is CN(C)C[C@H]1COCCN(C(=O)Nc2cc(-n3cnnc3)ccc2F)C1. The predicted molar refractivity (Wildman–Crippen MR) is 94.8 cm³/mol. The average Bonchev–Trinajstić information content (AvgIpc) is 3.03. The third-order valence-corrected chi connectivity index (χ3v) is 4.16. The first-order valence-electron chi connectivity index (χ1n) is 8.46. The van der Waals surface area contributed by atoms with E-state index in [1.807, 2.05) is 14.1 Å². The van der Waals surface area contributed by atoms with Gasteiger partial charge in [0, 0.05) is 25.6 Å². The number of nitrogens with one attached hydrogen (secondary N) is 1. The van der Waals surface area contributed by atoms with Gasteiger partial charge in [0.25, 0.3) is 0 Å². The quantitative estimate of drug-likeness (QED) is 0.891. The van der Waals surface area contributed by atoms with Gasteiger partial charge in [0.1, 0.15) is 18.5 Å². The molecule has 1 fully saturated rings. The number of urea groups is 1. The van der Waals surface area contributed by atoms with Crippen LogP contribution in [0.15, 0.2) is 30.9 Å². The van der Waals surface area contributed by atoms with Gasteiger partial charge in [-0.05, 0) is 32.3 Å². The van der Waals surface area contributed by atoms with Crippen molar-refractivity contribution in [2.24, 2.45) is 5.92 Å². The molecule has 26 heavy (non-hydrogen) atoms. The summed E-state index contributed by atoms with van der Waals surface area (Å²) >= 11 is 0. The van der Waals surface area contributed by atoms with Crippen LogP contribution in [-0.2, 0) is 4.74 Å². The summed E-state index contributed by atoms with van der Waals surface area (Å²) in [6, 6.07) is 4.13. The molecule has 1 aromatic heterocycles. The Bertz CT molecular complexity index is 737. The molecular formula is C17H23FN6O2. The van der Waals surface area contributed by atoms with Crippen molar-refractivity contribution in [3.8, 4) is 5.69 Å². The van der Waals surface area contributed by atoms with Crippen molar-refractivity contribution in [2.75, 3.05) is 52.3 Å². The first-order valence-corrected chi connectivity index (χ1v) is 8.46. The minimum absolute atomic E-state index is 0.121. The number of anilines is 1. The highest BCUT2D eigenvalue weighted by atomic mass is 19.1. The van der Waals surface area contributed by atoms with Crippen LogP contribution in [-0.4, -0.2) is 77.5 Å². The Morgan fingerprint density at radius 3 is 2.88 bits per heavy atom. The van der Waals surface area contributed by atoms with E-state index in [4.69, 9.17) is 4.74 Å². The van der Waals surface area contributed by atoms with E-state index in [0.717, 1.165) is 6.54 Å². The standard InChI is InChI=1S/C17H23FN6O2/c1-22(2)8-13-9-23(5-6-26-10-13)17(25)21-16-7-14(3-4-15(16)18)24-11-19-20-12-24/h3-4,7,11-13H,5-6,8-10H2,1-2H3,(H,21,25)/t13-/m1/s1. The monoisotopic (exact) mass is 362 g/mol. The molecule has 0 saturated carbocycles. The molecule has 9 heteroatoms. The van der Waals surface area contributed by atoms with Crippen LogP contribution in [0.1, 0.15) is 0 Å². The van der Waals surface area contributed by atoms with E-state index in [1.165, 1.54) is 18.7 Å². The van der Waals surface area contributed by atoms with Crippen LogP contribution in [0, 0.1) is 11.7 Å². The van der Waals surface area contributed by atoms with Crippen molar-refractivity contribution in [1.82, 2.24) is 24.6 Å². The van der Waals surface area contributed by atoms with Crippen LogP contribution >= 0.6 is 0 Å². The summed E-state index contributed by atoms with van der Waals surface area (Å²) in [5.41, 5.74) is 0.784. The number of benzene rings is 1. The van der Waals surface area contributed by atoms with Crippen LogP contribution in [0.25, 0.3) is 5.69 Å². The maximum absolute atomic E-state index is 14.2. The van der Waals surface area contributed by atoms with Gasteiger partial charge in [-0.15, -0.1) is 10.2 Å². The number of nitrogens with zero attached hydrogens (tertiary/aromatic N) is 5. The number of rotatable bonds is 4. The largest absolute Gasteiger partial charge is 0.379 e. The third kappa shape index (κ3) is 4.55. The van der Waals surface area contributed by atoms with Crippen LogP contribution in [0.2, 0.25) is 0 Å².